The number of likely N-dealkylation sites (tertiary alicyclic amines) is 1. The predicted octanol–water partition coefficient (Wildman–Crippen LogP) is 3.43. The van der Waals surface area contributed by atoms with E-state index < -0.39 is 5.41 Å². The van der Waals surface area contributed by atoms with Crippen LogP contribution in [-0.4, -0.2) is 41.3 Å². The largest absolute Gasteiger partial charge is 0.361 e. The van der Waals surface area contributed by atoms with E-state index in [1.165, 1.54) is 16.5 Å². The van der Waals surface area contributed by atoms with Crippen LogP contribution in [0.2, 0.25) is 0 Å². The van der Waals surface area contributed by atoms with Gasteiger partial charge in [-0.1, -0.05) is 39.0 Å². The average molecular weight is 355 g/mol. The number of hydrogen-bond acceptors (Lipinski definition) is 2. The van der Waals surface area contributed by atoms with Crippen molar-refractivity contribution < 1.29 is 9.59 Å². The van der Waals surface area contributed by atoms with Crippen LogP contribution in [0.1, 0.15) is 51.5 Å². The Morgan fingerprint density at radius 3 is 2.58 bits per heavy atom. The lowest BCUT2D eigenvalue weighted by Crippen LogP contribution is -2.41. The first-order valence-corrected chi connectivity index (χ1v) is 9.48. The average Bonchev–Trinajstić information content (AvgIpc) is 3.05. The summed E-state index contributed by atoms with van der Waals surface area (Å²) in [5.74, 6) is 0.621. The summed E-state index contributed by atoms with van der Waals surface area (Å²) in [4.78, 5) is 29.6. The number of rotatable bonds is 4. The number of aromatic amines is 1. The van der Waals surface area contributed by atoms with Crippen molar-refractivity contribution in [1.82, 2.24) is 15.2 Å². The van der Waals surface area contributed by atoms with Crippen molar-refractivity contribution in [2.75, 3.05) is 19.6 Å². The highest BCUT2D eigenvalue weighted by Crippen LogP contribution is 2.33. The molecule has 0 aliphatic carbocycles. The molecule has 1 aliphatic heterocycles. The molecule has 1 fully saturated rings. The Morgan fingerprint density at radius 1 is 1.19 bits per heavy atom. The van der Waals surface area contributed by atoms with Gasteiger partial charge in [-0.2, -0.15) is 0 Å². The highest BCUT2D eigenvalue weighted by Gasteiger charge is 2.26. The van der Waals surface area contributed by atoms with Gasteiger partial charge in [0.2, 0.25) is 11.8 Å². The van der Waals surface area contributed by atoms with Crippen molar-refractivity contribution in [2.24, 2.45) is 5.41 Å². The fourth-order valence-corrected chi connectivity index (χ4v) is 3.58. The molecule has 0 spiro atoms. The summed E-state index contributed by atoms with van der Waals surface area (Å²) in [5.41, 5.74) is 2.13. The number of aromatic nitrogens is 1. The molecule has 1 aliphatic rings. The third-order valence-electron chi connectivity index (χ3n) is 5.21. The minimum atomic E-state index is -0.416. The number of para-hydroxylation sites is 1. The summed E-state index contributed by atoms with van der Waals surface area (Å²) in [5, 5.41) is 4.15. The zero-order chi connectivity index (χ0) is 18.7. The number of fused-ring (bicyclic) bond motifs is 1. The molecule has 1 saturated heterocycles. The molecule has 2 amide bonds. The van der Waals surface area contributed by atoms with Crippen molar-refractivity contribution in [3.63, 3.8) is 0 Å². The molecule has 0 atom stereocenters. The van der Waals surface area contributed by atoms with E-state index in [1.807, 2.05) is 31.7 Å². The van der Waals surface area contributed by atoms with Gasteiger partial charge in [-0.05, 0) is 30.4 Å². The van der Waals surface area contributed by atoms with Crippen LogP contribution in [0.4, 0.5) is 0 Å². The molecular weight excluding hydrogens is 326 g/mol. The monoisotopic (exact) mass is 355 g/mol. The van der Waals surface area contributed by atoms with Crippen molar-refractivity contribution in [3.05, 3.63) is 36.0 Å². The fourth-order valence-electron chi connectivity index (χ4n) is 3.58. The molecule has 0 bridgehead atoms. The number of nitrogens with one attached hydrogen (secondary N) is 2. The molecule has 0 saturated carbocycles. The molecule has 5 heteroatoms. The van der Waals surface area contributed by atoms with E-state index in [9.17, 15) is 9.59 Å². The van der Waals surface area contributed by atoms with Crippen LogP contribution >= 0.6 is 0 Å². The second-order valence-electron chi connectivity index (χ2n) is 8.20. The van der Waals surface area contributed by atoms with Crippen molar-refractivity contribution in [3.8, 4) is 0 Å². The van der Waals surface area contributed by atoms with Crippen LogP contribution in [0.15, 0.2) is 30.5 Å². The quantitative estimate of drug-likeness (QED) is 0.882. The Bertz CT molecular complexity index is 780. The second-order valence-corrected chi connectivity index (χ2v) is 8.20. The Labute approximate surface area is 155 Å². The standard InChI is InChI=1S/C21H29N3O2/c1-21(2,3)20(26)22-11-8-19(25)24-12-9-15(10-13-24)17-14-23-18-7-5-4-6-16(17)18/h4-7,14-15,23H,8-13H2,1-3H3,(H,22,26). The summed E-state index contributed by atoms with van der Waals surface area (Å²) >= 11 is 0. The summed E-state index contributed by atoms with van der Waals surface area (Å²) in [6.07, 6.45) is 4.47. The minimum Gasteiger partial charge on any atom is -0.361 e. The fraction of sp³-hybridized carbons (Fsp3) is 0.524. The number of hydrogen-bond donors (Lipinski definition) is 2. The van der Waals surface area contributed by atoms with E-state index in [2.05, 4.69) is 34.7 Å². The molecule has 2 heterocycles. The Morgan fingerprint density at radius 2 is 1.88 bits per heavy atom. The third-order valence-corrected chi connectivity index (χ3v) is 5.21. The number of carbonyl (C=O) groups excluding carboxylic acids is 2. The normalized spacial score (nSPS) is 16.0. The highest BCUT2D eigenvalue weighted by molar-refractivity contribution is 5.84. The lowest BCUT2D eigenvalue weighted by atomic mass is 9.89. The number of benzene rings is 1. The number of carbonyl (C=O) groups is 2. The van der Waals surface area contributed by atoms with E-state index in [0.29, 0.717) is 18.9 Å². The van der Waals surface area contributed by atoms with Gasteiger partial charge < -0.3 is 15.2 Å². The Hall–Kier alpha value is -2.30. The smallest absolute Gasteiger partial charge is 0.225 e. The molecule has 140 valence electrons. The topological polar surface area (TPSA) is 65.2 Å². The van der Waals surface area contributed by atoms with Gasteiger partial charge in [-0.25, -0.2) is 0 Å². The van der Waals surface area contributed by atoms with E-state index in [0.717, 1.165) is 25.9 Å². The SMILES string of the molecule is CC(C)(C)C(=O)NCCC(=O)N1CCC(c2c[nH]c3ccccc23)CC1. The van der Waals surface area contributed by atoms with E-state index in [-0.39, 0.29) is 11.8 Å². The van der Waals surface area contributed by atoms with Gasteiger partial charge >= 0.3 is 0 Å². The van der Waals surface area contributed by atoms with Gasteiger partial charge in [0.05, 0.1) is 0 Å². The molecule has 2 aromatic rings. The van der Waals surface area contributed by atoms with Gasteiger partial charge in [0.15, 0.2) is 0 Å². The molecule has 1 aromatic carbocycles. The van der Waals surface area contributed by atoms with Crippen LogP contribution in [0.5, 0.6) is 0 Å². The highest BCUT2D eigenvalue weighted by atomic mass is 16.2. The first-order valence-electron chi connectivity index (χ1n) is 9.48. The van der Waals surface area contributed by atoms with E-state index in [4.69, 9.17) is 0 Å². The van der Waals surface area contributed by atoms with Crippen LogP contribution in [0.3, 0.4) is 0 Å². The molecule has 1 aromatic heterocycles. The Kier molecular flexibility index (Phi) is 5.35. The van der Waals surface area contributed by atoms with Crippen LogP contribution < -0.4 is 5.32 Å². The van der Waals surface area contributed by atoms with Crippen molar-refractivity contribution in [1.29, 1.82) is 0 Å². The zero-order valence-corrected chi connectivity index (χ0v) is 16.0. The molecule has 3 rings (SSSR count). The number of amides is 2. The third kappa shape index (κ3) is 4.09. The maximum absolute atomic E-state index is 12.4. The predicted molar refractivity (Wildman–Crippen MR) is 104 cm³/mol. The lowest BCUT2D eigenvalue weighted by molar-refractivity contribution is -0.132. The number of H-pyrrole nitrogens is 1. The molecule has 26 heavy (non-hydrogen) atoms. The van der Waals surface area contributed by atoms with Gasteiger partial charge in [0.25, 0.3) is 0 Å². The molecule has 0 radical (unpaired) electrons. The van der Waals surface area contributed by atoms with E-state index in [1.54, 1.807) is 0 Å². The van der Waals surface area contributed by atoms with Crippen molar-refractivity contribution >= 4 is 22.7 Å². The van der Waals surface area contributed by atoms with Crippen molar-refractivity contribution in [2.45, 2.75) is 46.0 Å². The summed E-state index contributed by atoms with van der Waals surface area (Å²) in [6.45, 7) is 7.61. The van der Waals surface area contributed by atoms with Crippen LogP contribution in [-0.2, 0) is 9.59 Å². The van der Waals surface area contributed by atoms with Gasteiger partial charge in [0.1, 0.15) is 0 Å². The van der Waals surface area contributed by atoms with Crippen LogP contribution in [0, 0.1) is 5.41 Å². The second kappa shape index (κ2) is 7.52. The van der Waals surface area contributed by atoms with Gasteiger partial charge in [0, 0.05) is 48.6 Å². The minimum absolute atomic E-state index is 0.0108. The first-order chi connectivity index (χ1) is 12.4. The van der Waals surface area contributed by atoms with Gasteiger partial charge in [-0.3, -0.25) is 9.59 Å². The van der Waals surface area contributed by atoms with Gasteiger partial charge in [-0.15, -0.1) is 0 Å². The first kappa shape index (κ1) is 18.5. The summed E-state index contributed by atoms with van der Waals surface area (Å²) in [7, 11) is 0. The maximum atomic E-state index is 12.4. The zero-order valence-electron chi connectivity index (χ0n) is 16.0. The maximum Gasteiger partial charge on any atom is 0.225 e. The summed E-state index contributed by atoms with van der Waals surface area (Å²) < 4.78 is 0. The van der Waals surface area contributed by atoms with Crippen LogP contribution in [0.25, 0.3) is 10.9 Å². The molecular formula is C21H29N3O2. The summed E-state index contributed by atoms with van der Waals surface area (Å²) in [6, 6.07) is 8.38. The molecule has 2 N–H and O–H groups in total. The number of nitrogens with zero attached hydrogens (tertiary/aromatic N) is 1. The number of piperidine rings is 1. The lowest BCUT2D eigenvalue weighted by Gasteiger charge is -2.32. The van der Waals surface area contributed by atoms with E-state index >= 15 is 0 Å². The molecule has 5 nitrogen and oxygen atoms in total. The Balaban J connectivity index is 1.49. The molecule has 0 unspecified atom stereocenters.